The number of halogens is 2. The molecule has 1 N–H and O–H groups in total. The summed E-state index contributed by atoms with van der Waals surface area (Å²) in [6, 6.07) is 11.1. The summed E-state index contributed by atoms with van der Waals surface area (Å²) in [5.41, 5.74) is 1.83. The molecule has 0 heterocycles. The zero-order valence-corrected chi connectivity index (χ0v) is 10.4. The summed E-state index contributed by atoms with van der Waals surface area (Å²) in [5, 5.41) is 3.02. The van der Waals surface area contributed by atoms with Crippen LogP contribution in [0, 0.1) is 18.6 Å². The molecule has 18 heavy (non-hydrogen) atoms. The Hall–Kier alpha value is -1.74. The van der Waals surface area contributed by atoms with Crippen LogP contribution in [0.5, 0.6) is 0 Å². The van der Waals surface area contributed by atoms with Crippen molar-refractivity contribution in [1.82, 2.24) is 5.32 Å². The summed E-state index contributed by atoms with van der Waals surface area (Å²) in [7, 11) is 1.73. The van der Waals surface area contributed by atoms with E-state index in [4.69, 9.17) is 0 Å². The van der Waals surface area contributed by atoms with Crippen LogP contribution in [0.25, 0.3) is 0 Å². The van der Waals surface area contributed by atoms with Crippen LogP contribution in [0.3, 0.4) is 0 Å². The Morgan fingerprint density at radius 1 is 1.06 bits per heavy atom. The van der Waals surface area contributed by atoms with Crippen molar-refractivity contribution < 1.29 is 8.78 Å². The average Bonchev–Trinajstić information content (AvgIpc) is 2.35. The normalized spacial score (nSPS) is 12.4. The minimum atomic E-state index is -0.347. The fourth-order valence-electron chi connectivity index (χ4n) is 2.08. The van der Waals surface area contributed by atoms with Crippen LogP contribution >= 0.6 is 0 Å². The molecule has 2 aromatic rings. The van der Waals surface area contributed by atoms with E-state index in [2.05, 4.69) is 5.32 Å². The highest BCUT2D eigenvalue weighted by atomic mass is 19.1. The van der Waals surface area contributed by atoms with E-state index in [0.29, 0.717) is 16.7 Å². The number of aryl methyl sites for hydroxylation is 1. The van der Waals surface area contributed by atoms with Gasteiger partial charge in [0.2, 0.25) is 0 Å². The standard InChI is InChI=1S/C15H15F2N/c1-10-5-3-8-13(14(10)17)15(18-2)11-6-4-7-12(16)9-11/h3-9,15,18H,1-2H3. The summed E-state index contributed by atoms with van der Waals surface area (Å²) in [5.74, 6) is -0.568. The van der Waals surface area contributed by atoms with Crippen molar-refractivity contribution in [3.63, 3.8) is 0 Å². The first-order valence-electron chi connectivity index (χ1n) is 5.81. The van der Waals surface area contributed by atoms with Crippen LogP contribution in [0.1, 0.15) is 22.7 Å². The quantitative estimate of drug-likeness (QED) is 0.874. The molecule has 0 aliphatic carbocycles. The third kappa shape index (κ3) is 2.41. The van der Waals surface area contributed by atoms with Gasteiger partial charge in [0.1, 0.15) is 11.6 Å². The SMILES string of the molecule is CNC(c1cccc(F)c1)c1cccc(C)c1F. The Morgan fingerprint density at radius 3 is 2.44 bits per heavy atom. The first-order valence-corrected chi connectivity index (χ1v) is 5.81. The molecule has 94 valence electrons. The Morgan fingerprint density at radius 2 is 1.78 bits per heavy atom. The third-order valence-corrected chi connectivity index (χ3v) is 3.00. The highest BCUT2D eigenvalue weighted by Gasteiger charge is 2.17. The number of nitrogens with one attached hydrogen (secondary N) is 1. The highest BCUT2D eigenvalue weighted by Crippen LogP contribution is 2.26. The molecule has 0 aliphatic rings. The molecular formula is C15H15F2N. The lowest BCUT2D eigenvalue weighted by Gasteiger charge is -2.18. The van der Waals surface area contributed by atoms with Gasteiger partial charge in [0, 0.05) is 5.56 Å². The van der Waals surface area contributed by atoms with E-state index in [1.54, 1.807) is 44.3 Å². The fraction of sp³-hybridized carbons (Fsp3) is 0.200. The smallest absolute Gasteiger partial charge is 0.131 e. The molecule has 0 radical (unpaired) electrons. The van der Waals surface area contributed by atoms with Gasteiger partial charge < -0.3 is 5.32 Å². The topological polar surface area (TPSA) is 12.0 Å². The summed E-state index contributed by atoms with van der Waals surface area (Å²) in [6.45, 7) is 1.72. The van der Waals surface area contributed by atoms with E-state index in [1.165, 1.54) is 12.1 Å². The van der Waals surface area contributed by atoms with Crippen molar-refractivity contribution in [2.24, 2.45) is 0 Å². The minimum absolute atomic E-state index is 0.249. The van der Waals surface area contributed by atoms with E-state index < -0.39 is 0 Å². The van der Waals surface area contributed by atoms with Gasteiger partial charge in [0.25, 0.3) is 0 Å². The zero-order chi connectivity index (χ0) is 13.1. The van der Waals surface area contributed by atoms with Crippen molar-refractivity contribution in [3.8, 4) is 0 Å². The molecule has 0 saturated carbocycles. The van der Waals surface area contributed by atoms with Crippen molar-refractivity contribution in [1.29, 1.82) is 0 Å². The molecule has 0 spiro atoms. The summed E-state index contributed by atoms with van der Waals surface area (Å²) < 4.78 is 27.3. The molecular weight excluding hydrogens is 232 g/mol. The zero-order valence-electron chi connectivity index (χ0n) is 10.4. The van der Waals surface area contributed by atoms with Gasteiger partial charge in [-0.1, -0.05) is 30.3 Å². The van der Waals surface area contributed by atoms with Crippen LogP contribution in [0.2, 0.25) is 0 Å². The van der Waals surface area contributed by atoms with Crippen LogP contribution in [0.15, 0.2) is 42.5 Å². The first-order chi connectivity index (χ1) is 8.63. The number of rotatable bonds is 3. The molecule has 2 aromatic carbocycles. The van der Waals surface area contributed by atoms with Gasteiger partial charge in [-0.2, -0.15) is 0 Å². The number of hydrogen-bond acceptors (Lipinski definition) is 1. The number of benzene rings is 2. The van der Waals surface area contributed by atoms with Crippen molar-refractivity contribution in [2.75, 3.05) is 7.05 Å². The monoisotopic (exact) mass is 247 g/mol. The lowest BCUT2D eigenvalue weighted by molar-refractivity contribution is 0.565. The lowest BCUT2D eigenvalue weighted by atomic mass is 9.97. The van der Waals surface area contributed by atoms with Crippen LogP contribution in [-0.2, 0) is 0 Å². The van der Waals surface area contributed by atoms with Crippen molar-refractivity contribution in [3.05, 3.63) is 70.8 Å². The molecule has 2 rings (SSSR count). The maximum absolute atomic E-state index is 14.1. The molecule has 1 nitrogen and oxygen atoms in total. The minimum Gasteiger partial charge on any atom is -0.309 e. The Labute approximate surface area is 105 Å². The van der Waals surface area contributed by atoms with E-state index in [9.17, 15) is 8.78 Å². The van der Waals surface area contributed by atoms with Gasteiger partial charge in [-0.3, -0.25) is 0 Å². The first kappa shape index (κ1) is 12.7. The van der Waals surface area contributed by atoms with Gasteiger partial charge in [-0.25, -0.2) is 8.78 Å². The maximum atomic E-state index is 14.1. The predicted molar refractivity (Wildman–Crippen MR) is 68.4 cm³/mol. The van der Waals surface area contributed by atoms with E-state index in [-0.39, 0.29) is 17.7 Å². The van der Waals surface area contributed by atoms with Gasteiger partial charge >= 0.3 is 0 Å². The van der Waals surface area contributed by atoms with Crippen molar-refractivity contribution in [2.45, 2.75) is 13.0 Å². The summed E-state index contributed by atoms with van der Waals surface area (Å²) >= 11 is 0. The molecule has 0 aliphatic heterocycles. The van der Waals surface area contributed by atoms with Crippen LogP contribution in [-0.4, -0.2) is 7.05 Å². The van der Waals surface area contributed by atoms with Crippen molar-refractivity contribution >= 4 is 0 Å². The fourth-order valence-corrected chi connectivity index (χ4v) is 2.08. The molecule has 0 amide bonds. The van der Waals surface area contributed by atoms with E-state index >= 15 is 0 Å². The molecule has 0 aromatic heterocycles. The second kappa shape index (κ2) is 5.27. The molecule has 1 unspecified atom stereocenters. The molecule has 0 bridgehead atoms. The Bertz CT molecular complexity index is 552. The summed E-state index contributed by atoms with van der Waals surface area (Å²) in [6.07, 6.45) is 0. The molecule has 0 fully saturated rings. The van der Waals surface area contributed by atoms with E-state index in [1.807, 2.05) is 0 Å². The number of hydrogen-bond donors (Lipinski definition) is 1. The van der Waals surface area contributed by atoms with Gasteiger partial charge in [0.05, 0.1) is 6.04 Å². The summed E-state index contributed by atoms with van der Waals surface area (Å²) in [4.78, 5) is 0. The second-order valence-corrected chi connectivity index (χ2v) is 4.25. The maximum Gasteiger partial charge on any atom is 0.131 e. The van der Waals surface area contributed by atoms with Crippen LogP contribution < -0.4 is 5.32 Å². The molecule has 0 saturated heterocycles. The molecule has 1 atom stereocenters. The average molecular weight is 247 g/mol. The Balaban J connectivity index is 2.49. The van der Waals surface area contributed by atoms with Gasteiger partial charge in [-0.15, -0.1) is 0 Å². The predicted octanol–water partition coefficient (Wildman–Crippen LogP) is 3.58. The van der Waals surface area contributed by atoms with Gasteiger partial charge in [-0.05, 0) is 37.2 Å². The largest absolute Gasteiger partial charge is 0.309 e. The lowest BCUT2D eigenvalue weighted by Crippen LogP contribution is -2.19. The van der Waals surface area contributed by atoms with Crippen LogP contribution in [0.4, 0.5) is 8.78 Å². The molecule has 3 heteroatoms. The Kier molecular flexibility index (Phi) is 3.72. The second-order valence-electron chi connectivity index (χ2n) is 4.25. The highest BCUT2D eigenvalue weighted by molar-refractivity contribution is 5.35. The van der Waals surface area contributed by atoms with Gasteiger partial charge in [0.15, 0.2) is 0 Å². The van der Waals surface area contributed by atoms with E-state index in [0.717, 1.165) is 0 Å². The third-order valence-electron chi connectivity index (χ3n) is 3.00.